The summed E-state index contributed by atoms with van der Waals surface area (Å²) in [5.74, 6) is 1.04. The SMILES string of the molecule is CC(C)c1c(N)ncnc1SC1CCCC1. The Bertz CT molecular complexity index is 359. The average Bonchev–Trinajstić information content (AvgIpc) is 2.70. The highest BCUT2D eigenvalue weighted by Gasteiger charge is 2.20. The number of anilines is 1. The molecule has 0 aliphatic heterocycles. The summed E-state index contributed by atoms with van der Waals surface area (Å²) in [5.41, 5.74) is 7.06. The van der Waals surface area contributed by atoms with Crippen LogP contribution >= 0.6 is 11.8 Å². The molecule has 1 fully saturated rings. The van der Waals surface area contributed by atoms with E-state index < -0.39 is 0 Å². The standard InChI is InChI=1S/C12H19N3S/c1-8(2)10-11(13)14-7-15-12(10)16-9-5-3-4-6-9/h7-9H,3-6H2,1-2H3,(H2,13,14,15). The van der Waals surface area contributed by atoms with Crippen molar-refractivity contribution in [3.63, 3.8) is 0 Å². The Morgan fingerprint density at radius 3 is 2.62 bits per heavy atom. The molecule has 0 atom stereocenters. The average molecular weight is 237 g/mol. The van der Waals surface area contributed by atoms with Crippen LogP contribution in [-0.4, -0.2) is 15.2 Å². The molecule has 3 nitrogen and oxygen atoms in total. The van der Waals surface area contributed by atoms with Crippen LogP contribution in [-0.2, 0) is 0 Å². The quantitative estimate of drug-likeness (QED) is 0.820. The van der Waals surface area contributed by atoms with Gasteiger partial charge in [-0.1, -0.05) is 26.7 Å². The van der Waals surface area contributed by atoms with Crippen molar-refractivity contribution in [3.05, 3.63) is 11.9 Å². The van der Waals surface area contributed by atoms with Gasteiger partial charge in [0.15, 0.2) is 0 Å². The highest BCUT2D eigenvalue weighted by Crippen LogP contribution is 2.38. The Kier molecular flexibility index (Phi) is 3.69. The third-order valence-corrected chi connectivity index (χ3v) is 4.39. The molecule has 0 amide bonds. The third kappa shape index (κ3) is 2.48. The van der Waals surface area contributed by atoms with E-state index in [1.807, 2.05) is 11.8 Å². The van der Waals surface area contributed by atoms with E-state index in [1.54, 1.807) is 6.33 Å². The van der Waals surface area contributed by atoms with Crippen molar-refractivity contribution >= 4 is 17.6 Å². The van der Waals surface area contributed by atoms with E-state index in [0.717, 1.165) is 15.8 Å². The Morgan fingerprint density at radius 1 is 1.31 bits per heavy atom. The largest absolute Gasteiger partial charge is 0.383 e. The first kappa shape index (κ1) is 11.7. The predicted octanol–water partition coefficient (Wildman–Crippen LogP) is 3.22. The van der Waals surface area contributed by atoms with Crippen LogP contribution in [0.1, 0.15) is 51.0 Å². The minimum atomic E-state index is 0.394. The van der Waals surface area contributed by atoms with Crippen LogP contribution in [0, 0.1) is 0 Å². The molecular weight excluding hydrogens is 218 g/mol. The molecule has 2 rings (SSSR count). The lowest BCUT2D eigenvalue weighted by molar-refractivity contribution is 0.803. The maximum Gasteiger partial charge on any atom is 0.131 e. The lowest BCUT2D eigenvalue weighted by Gasteiger charge is -2.15. The van der Waals surface area contributed by atoms with E-state index in [0.29, 0.717) is 11.7 Å². The van der Waals surface area contributed by atoms with Gasteiger partial charge in [-0.3, -0.25) is 0 Å². The predicted molar refractivity (Wildman–Crippen MR) is 68.6 cm³/mol. The second-order valence-corrected chi connectivity index (χ2v) is 5.95. The Balaban J connectivity index is 2.21. The second kappa shape index (κ2) is 5.04. The second-order valence-electron chi connectivity index (χ2n) is 4.66. The molecule has 4 heteroatoms. The number of aromatic nitrogens is 2. The molecule has 0 unspecified atom stereocenters. The zero-order chi connectivity index (χ0) is 11.5. The molecular formula is C12H19N3S. The van der Waals surface area contributed by atoms with Gasteiger partial charge in [-0.25, -0.2) is 9.97 Å². The number of rotatable bonds is 3. The normalized spacial score (nSPS) is 17.2. The molecule has 0 radical (unpaired) electrons. The summed E-state index contributed by atoms with van der Waals surface area (Å²) in [6.07, 6.45) is 6.92. The summed E-state index contributed by atoms with van der Waals surface area (Å²) >= 11 is 1.89. The summed E-state index contributed by atoms with van der Waals surface area (Å²) in [6, 6.07) is 0. The summed E-state index contributed by atoms with van der Waals surface area (Å²) in [5, 5.41) is 1.82. The molecule has 1 aromatic heterocycles. The highest BCUT2D eigenvalue weighted by molar-refractivity contribution is 7.99. The van der Waals surface area contributed by atoms with Gasteiger partial charge in [-0.2, -0.15) is 0 Å². The monoisotopic (exact) mass is 237 g/mol. The van der Waals surface area contributed by atoms with Crippen molar-refractivity contribution < 1.29 is 0 Å². The Morgan fingerprint density at radius 2 is 2.00 bits per heavy atom. The number of thioether (sulfide) groups is 1. The van der Waals surface area contributed by atoms with Gasteiger partial charge in [-0.05, 0) is 18.8 Å². The lowest BCUT2D eigenvalue weighted by atomic mass is 10.1. The summed E-state index contributed by atoms with van der Waals surface area (Å²) < 4.78 is 0. The van der Waals surface area contributed by atoms with E-state index in [4.69, 9.17) is 5.73 Å². The van der Waals surface area contributed by atoms with E-state index in [2.05, 4.69) is 23.8 Å². The Hall–Kier alpha value is -0.770. The molecule has 1 saturated carbocycles. The maximum atomic E-state index is 5.93. The van der Waals surface area contributed by atoms with Gasteiger partial charge in [0.05, 0.1) is 0 Å². The number of nitrogens with zero attached hydrogens (tertiary/aromatic N) is 2. The van der Waals surface area contributed by atoms with Crippen molar-refractivity contribution in [2.45, 2.75) is 55.7 Å². The minimum Gasteiger partial charge on any atom is -0.383 e. The zero-order valence-corrected chi connectivity index (χ0v) is 10.8. The van der Waals surface area contributed by atoms with Gasteiger partial charge in [0.25, 0.3) is 0 Å². The highest BCUT2D eigenvalue weighted by atomic mass is 32.2. The van der Waals surface area contributed by atoms with Gasteiger partial charge in [-0.15, -0.1) is 11.8 Å². The van der Waals surface area contributed by atoms with E-state index >= 15 is 0 Å². The molecule has 1 aromatic rings. The molecule has 1 heterocycles. The van der Waals surface area contributed by atoms with Crippen LogP contribution in [0.25, 0.3) is 0 Å². The zero-order valence-electron chi connectivity index (χ0n) is 9.94. The molecule has 16 heavy (non-hydrogen) atoms. The summed E-state index contributed by atoms with van der Waals surface area (Å²) in [4.78, 5) is 8.49. The first-order valence-electron chi connectivity index (χ1n) is 5.95. The summed E-state index contributed by atoms with van der Waals surface area (Å²) in [6.45, 7) is 4.29. The van der Waals surface area contributed by atoms with Crippen molar-refractivity contribution in [1.29, 1.82) is 0 Å². The smallest absolute Gasteiger partial charge is 0.131 e. The van der Waals surface area contributed by atoms with Crippen LogP contribution < -0.4 is 5.73 Å². The fourth-order valence-electron chi connectivity index (χ4n) is 2.19. The van der Waals surface area contributed by atoms with Crippen LogP contribution in [0.15, 0.2) is 11.4 Å². The summed E-state index contributed by atoms with van der Waals surface area (Å²) in [7, 11) is 0. The molecule has 1 aliphatic rings. The van der Waals surface area contributed by atoms with E-state index in [1.165, 1.54) is 25.7 Å². The van der Waals surface area contributed by atoms with E-state index in [-0.39, 0.29) is 0 Å². The first-order chi connectivity index (χ1) is 7.68. The Labute approximate surface area is 101 Å². The van der Waals surface area contributed by atoms with Crippen molar-refractivity contribution in [3.8, 4) is 0 Å². The third-order valence-electron chi connectivity index (χ3n) is 3.04. The molecule has 2 N–H and O–H groups in total. The fraction of sp³-hybridized carbons (Fsp3) is 0.667. The number of hydrogen-bond donors (Lipinski definition) is 1. The lowest BCUT2D eigenvalue weighted by Crippen LogP contribution is -2.05. The first-order valence-corrected chi connectivity index (χ1v) is 6.83. The van der Waals surface area contributed by atoms with Crippen LogP contribution in [0.5, 0.6) is 0 Å². The maximum absolute atomic E-state index is 5.93. The van der Waals surface area contributed by atoms with Crippen LogP contribution in [0.2, 0.25) is 0 Å². The van der Waals surface area contributed by atoms with Crippen LogP contribution in [0.4, 0.5) is 5.82 Å². The molecule has 0 bridgehead atoms. The van der Waals surface area contributed by atoms with Crippen molar-refractivity contribution in [2.75, 3.05) is 5.73 Å². The van der Waals surface area contributed by atoms with Gasteiger partial charge < -0.3 is 5.73 Å². The fourth-order valence-corrected chi connectivity index (χ4v) is 3.65. The molecule has 1 aliphatic carbocycles. The van der Waals surface area contributed by atoms with Crippen LogP contribution in [0.3, 0.4) is 0 Å². The van der Waals surface area contributed by atoms with Gasteiger partial charge in [0.1, 0.15) is 17.2 Å². The van der Waals surface area contributed by atoms with Crippen molar-refractivity contribution in [2.24, 2.45) is 0 Å². The topological polar surface area (TPSA) is 51.8 Å². The number of nitrogens with two attached hydrogens (primary N) is 1. The number of hydrogen-bond acceptors (Lipinski definition) is 4. The minimum absolute atomic E-state index is 0.394. The van der Waals surface area contributed by atoms with Crippen molar-refractivity contribution in [1.82, 2.24) is 9.97 Å². The van der Waals surface area contributed by atoms with Gasteiger partial charge >= 0.3 is 0 Å². The molecule has 88 valence electrons. The molecule has 0 saturated heterocycles. The van der Waals surface area contributed by atoms with Gasteiger partial charge in [0, 0.05) is 10.8 Å². The van der Waals surface area contributed by atoms with Gasteiger partial charge in [0.2, 0.25) is 0 Å². The molecule has 0 spiro atoms. The molecule has 0 aromatic carbocycles. The number of nitrogen functional groups attached to an aromatic ring is 1. The van der Waals surface area contributed by atoms with E-state index in [9.17, 15) is 0 Å².